The van der Waals surface area contributed by atoms with Crippen LogP contribution in [0, 0.1) is 18.3 Å². The van der Waals surface area contributed by atoms with Crippen molar-refractivity contribution >= 4 is 11.6 Å². The first kappa shape index (κ1) is 13.9. The molecule has 1 saturated carbocycles. The van der Waals surface area contributed by atoms with Crippen LogP contribution in [0.25, 0.3) is 0 Å². The molecule has 2 heteroatoms. The van der Waals surface area contributed by atoms with Gasteiger partial charge in [0.05, 0.1) is 0 Å². The van der Waals surface area contributed by atoms with Crippen molar-refractivity contribution in [3.05, 3.63) is 34.3 Å². The Bertz CT molecular complexity index is 425. The first-order valence-electron chi connectivity index (χ1n) is 6.95. The fourth-order valence-corrected chi connectivity index (χ4v) is 3.39. The average molecular weight is 266 g/mol. The summed E-state index contributed by atoms with van der Waals surface area (Å²) in [6.07, 6.45) is 1.21. The van der Waals surface area contributed by atoms with Crippen molar-refractivity contribution < 1.29 is 0 Å². The van der Waals surface area contributed by atoms with Crippen molar-refractivity contribution in [2.75, 3.05) is 13.1 Å². The molecule has 1 fully saturated rings. The minimum atomic E-state index is 0.416. The molecular weight excluding hydrogens is 242 g/mol. The summed E-state index contributed by atoms with van der Waals surface area (Å²) in [7, 11) is 0. The largest absolute Gasteiger partial charge is 0.316 e. The smallest absolute Gasteiger partial charge is 0.0408 e. The van der Waals surface area contributed by atoms with Crippen LogP contribution < -0.4 is 5.32 Å². The second-order valence-electron chi connectivity index (χ2n) is 6.11. The molecule has 0 aliphatic heterocycles. The fourth-order valence-electron chi connectivity index (χ4n) is 3.16. The minimum absolute atomic E-state index is 0.416. The second-order valence-corrected chi connectivity index (χ2v) is 6.55. The van der Waals surface area contributed by atoms with Crippen molar-refractivity contribution in [1.29, 1.82) is 0 Å². The lowest BCUT2D eigenvalue weighted by Gasteiger charge is -2.07. The van der Waals surface area contributed by atoms with Crippen LogP contribution in [0.3, 0.4) is 0 Å². The van der Waals surface area contributed by atoms with Crippen LogP contribution in [0.2, 0.25) is 5.02 Å². The highest BCUT2D eigenvalue weighted by molar-refractivity contribution is 6.30. The summed E-state index contributed by atoms with van der Waals surface area (Å²) in [5.74, 6) is 1.43. The molecule has 0 heterocycles. The second kappa shape index (κ2) is 5.22. The predicted octanol–water partition coefficient (Wildman–Crippen LogP) is 4.39. The number of halogens is 1. The first-order valence-corrected chi connectivity index (χ1v) is 7.33. The molecule has 0 radical (unpaired) electrons. The van der Waals surface area contributed by atoms with E-state index in [1.807, 2.05) is 6.07 Å². The molecule has 2 atom stereocenters. The Morgan fingerprint density at radius 3 is 2.67 bits per heavy atom. The highest BCUT2D eigenvalue weighted by Crippen LogP contribution is 2.64. The van der Waals surface area contributed by atoms with Crippen LogP contribution in [-0.2, 0) is 0 Å². The monoisotopic (exact) mass is 265 g/mol. The third kappa shape index (κ3) is 2.57. The predicted molar refractivity (Wildman–Crippen MR) is 79.4 cm³/mol. The zero-order valence-electron chi connectivity index (χ0n) is 11.9. The van der Waals surface area contributed by atoms with Gasteiger partial charge in [-0.2, -0.15) is 0 Å². The van der Waals surface area contributed by atoms with E-state index >= 15 is 0 Å². The van der Waals surface area contributed by atoms with E-state index in [1.54, 1.807) is 0 Å². The molecule has 1 aliphatic rings. The van der Waals surface area contributed by atoms with Gasteiger partial charge in [-0.15, -0.1) is 0 Å². The molecule has 1 aliphatic carbocycles. The van der Waals surface area contributed by atoms with Crippen LogP contribution in [-0.4, -0.2) is 13.1 Å². The molecule has 1 nitrogen and oxygen atoms in total. The van der Waals surface area contributed by atoms with E-state index in [9.17, 15) is 0 Å². The lowest BCUT2D eigenvalue weighted by atomic mass is 9.99. The van der Waals surface area contributed by atoms with Gasteiger partial charge in [0, 0.05) is 5.02 Å². The first-order chi connectivity index (χ1) is 8.48. The van der Waals surface area contributed by atoms with Gasteiger partial charge in [-0.25, -0.2) is 0 Å². The Morgan fingerprint density at radius 1 is 1.33 bits per heavy atom. The van der Waals surface area contributed by atoms with E-state index in [0.29, 0.717) is 11.3 Å². The third-order valence-electron chi connectivity index (χ3n) is 4.41. The molecule has 18 heavy (non-hydrogen) atoms. The van der Waals surface area contributed by atoms with E-state index in [4.69, 9.17) is 11.6 Å². The molecule has 1 aromatic rings. The van der Waals surface area contributed by atoms with Crippen molar-refractivity contribution in [1.82, 2.24) is 5.32 Å². The summed E-state index contributed by atoms with van der Waals surface area (Å²) in [5.41, 5.74) is 3.23. The van der Waals surface area contributed by atoms with E-state index in [0.717, 1.165) is 24.0 Å². The van der Waals surface area contributed by atoms with Gasteiger partial charge in [0.1, 0.15) is 0 Å². The molecule has 1 N–H and O–H groups in total. The Balaban J connectivity index is 2.09. The molecule has 0 spiro atoms. The van der Waals surface area contributed by atoms with E-state index in [-0.39, 0.29) is 0 Å². The van der Waals surface area contributed by atoms with E-state index in [1.165, 1.54) is 17.5 Å². The molecule has 0 bridgehead atoms. The quantitative estimate of drug-likeness (QED) is 0.779. The van der Waals surface area contributed by atoms with Crippen LogP contribution >= 0.6 is 11.6 Å². The lowest BCUT2D eigenvalue weighted by molar-refractivity contribution is 0.518. The highest BCUT2D eigenvalue weighted by Gasteiger charge is 2.57. The van der Waals surface area contributed by atoms with Crippen molar-refractivity contribution in [3.63, 3.8) is 0 Å². The van der Waals surface area contributed by atoms with Crippen LogP contribution in [0.4, 0.5) is 0 Å². The maximum Gasteiger partial charge on any atom is 0.0408 e. The Hall–Kier alpha value is -0.530. The molecular formula is C16H24ClN. The molecule has 0 aromatic heterocycles. The summed E-state index contributed by atoms with van der Waals surface area (Å²) in [6.45, 7) is 11.4. The molecule has 2 unspecified atom stereocenters. The SMILES string of the molecule is CCCNCC1C(c2ccc(Cl)cc2C)C1(C)C. The number of benzene rings is 1. The summed E-state index contributed by atoms with van der Waals surface area (Å²) in [6, 6.07) is 6.32. The molecule has 2 rings (SSSR count). The lowest BCUT2D eigenvalue weighted by Crippen LogP contribution is -2.19. The maximum absolute atomic E-state index is 6.04. The number of rotatable bonds is 5. The zero-order valence-corrected chi connectivity index (χ0v) is 12.6. The maximum atomic E-state index is 6.04. The summed E-state index contributed by atoms with van der Waals surface area (Å²) < 4.78 is 0. The molecule has 0 saturated heterocycles. The van der Waals surface area contributed by atoms with Crippen molar-refractivity contribution in [2.45, 2.75) is 40.0 Å². The molecule has 0 amide bonds. The van der Waals surface area contributed by atoms with E-state index in [2.05, 4.69) is 45.1 Å². The van der Waals surface area contributed by atoms with Gasteiger partial charge in [0.15, 0.2) is 0 Å². The number of hydrogen-bond donors (Lipinski definition) is 1. The normalized spacial score (nSPS) is 25.2. The Kier molecular flexibility index (Phi) is 4.03. The van der Waals surface area contributed by atoms with Gasteiger partial charge >= 0.3 is 0 Å². The number of nitrogens with one attached hydrogen (secondary N) is 1. The number of hydrogen-bond acceptors (Lipinski definition) is 1. The van der Waals surface area contributed by atoms with Gasteiger partial charge in [-0.1, -0.05) is 38.4 Å². The van der Waals surface area contributed by atoms with Crippen molar-refractivity contribution in [3.8, 4) is 0 Å². The Labute approximate surface area is 116 Å². The Morgan fingerprint density at radius 2 is 2.06 bits per heavy atom. The third-order valence-corrected chi connectivity index (χ3v) is 4.64. The average Bonchev–Trinajstić information content (AvgIpc) is 2.81. The topological polar surface area (TPSA) is 12.0 Å². The number of aryl methyl sites for hydroxylation is 1. The van der Waals surface area contributed by atoms with Gasteiger partial charge in [0.25, 0.3) is 0 Å². The highest BCUT2D eigenvalue weighted by atomic mass is 35.5. The summed E-state index contributed by atoms with van der Waals surface area (Å²) >= 11 is 6.04. The zero-order chi connectivity index (χ0) is 13.3. The van der Waals surface area contributed by atoms with Gasteiger partial charge < -0.3 is 5.32 Å². The minimum Gasteiger partial charge on any atom is -0.316 e. The summed E-state index contributed by atoms with van der Waals surface area (Å²) in [5, 5.41) is 4.40. The van der Waals surface area contributed by atoms with Crippen LogP contribution in [0.5, 0.6) is 0 Å². The van der Waals surface area contributed by atoms with Crippen LogP contribution in [0.15, 0.2) is 18.2 Å². The van der Waals surface area contributed by atoms with Gasteiger partial charge in [-0.05, 0) is 66.9 Å². The molecule has 100 valence electrons. The van der Waals surface area contributed by atoms with E-state index < -0.39 is 0 Å². The van der Waals surface area contributed by atoms with Gasteiger partial charge in [0.2, 0.25) is 0 Å². The molecule has 1 aromatic carbocycles. The standard InChI is InChI=1S/C16H24ClN/c1-5-8-18-10-14-15(16(14,3)4)13-7-6-12(17)9-11(13)2/h6-7,9,14-15,18H,5,8,10H2,1-4H3. The van der Waals surface area contributed by atoms with Crippen molar-refractivity contribution in [2.24, 2.45) is 11.3 Å². The summed E-state index contributed by atoms with van der Waals surface area (Å²) in [4.78, 5) is 0. The van der Waals surface area contributed by atoms with Crippen LogP contribution in [0.1, 0.15) is 44.2 Å². The van der Waals surface area contributed by atoms with Gasteiger partial charge in [-0.3, -0.25) is 0 Å². The fraction of sp³-hybridized carbons (Fsp3) is 0.625.